The summed E-state index contributed by atoms with van der Waals surface area (Å²) in [6.45, 7) is 18.5. The molecule has 19 heteroatoms. The van der Waals surface area contributed by atoms with Crippen molar-refractivity contribution in [3.8, 4) is 0 Å². The number of ether oxygens (including phenoxy) is 11. The summed E-state index contributed by atoms with van der Waals surface area (Å²) < 4.78 is 64.7. The zero-order chi connectivity index (χ0) is 45.1. The van der Waals surface area contributed by atoms with Gasteiger partial charge in [-0.25, -0.2) is 0 Å². The minimum atomic E-state index is -2.53. The first-order valence-corrected chi connectivity index (χ1v) is 19.8. The van der Waals surface area contributed by atoms with Gasteiger partial charge < -0.3 is 52.1 Å². The Hall–Kier alpha value is -4.36. The maximum atomic E-state index is 13.4. The van der Waals surface area contributed by atoms with Crippen LogP contribution in [0.2, 0.25) is 0 Å². The van der Waals surface area contributed by atoms with E-state index in [4.69, 9.17) is 52.1 Å². The van der Waals surface area contributed by atoms with E-state index in [1.54, 1.807) is 41.5 Å². The molecule has 2 heterocycles. The summed E-state index contributed by atoms with van der Waals surface area (Å²) in [5.74, 6) is -13.2. The van der Waals surface area contributed by atoms with Gasteiger partial charge in [0.25, 0.3) is 0 Å². The van der Waals surface area contributed by atoms with Crippen LogP contribution in [0, 0.1) is 35.5 Å². The summed E-state index contributed by atoms with van der Waals surface area (Å²) in [6, 6.07) is 0. The third kappa shape index (κ3) is 14.4. The predicted molar refractivity (Wildman–Crippen MR) is 200 cm³/mol. The molecule has 0 unspecified atom stereocenters. The lowest BCUT2D eigenvalue weighted by Gasteiger charge is -2.47. The van der Waals surface area contributed by atoms with Crippen molar-refractivity contribution in [2.45, 2.75) is 152 Å². The standard InChI is InChI=1S/C40H62O19/c1-18(2)33(43)49-15-26-28(54-35(45)20(5)6)30(56-37(47)22(9)10)31(57-38(48)23(11)12)39(53-26)59-40(17-51-24(13)41)32(52-25(14)42)29(55-36(46)21(7)8)27(58-40)16-50-34(44)19(3)4/h18-23,26-32,39H,15-17H2,1-14H3/t26-,27-,28-,29-,30+,31-,32+,39-,40+/m1/s1. The first kappa shape index (κ1) is 50.8. The van der Waals surface area contributed by atoms with Crippen LogP contribution < -0.4 is 0 Å². The molecule has 2 rings (SSSR count). The van der Waals surface area contributed by atoms with Crippen LogP contribution in [0.5, 0.6) is 0 Å². The van der Waals surface area contributed by atoms with Crippen LogP contribution in [0.1, 0.15) is 96.9 Å². The van der Waals surface area contributed by atoms with Crippen LogP contribution in [-0.2, 0) is 90.5 Å². The van der Waals surface area contributed by atoms with Gasteiger partial charge in [0.15, 0.2) is 30.5 Å². The molecule has 59 heavy (non-hydrogen) atoms. The highest BCUT2D eigenvalue weighted by Gasteiger charge is 2.65. The molecule has 0 aromatic rings. The Morgan fingerprint density at radius 2 is 0.847 bits per heavy atom. The summed E-state index contributed by atoms with van der Waals surface area (Å²) in [5.41, 5.74) is 0. The van der Waals surface area contributed by atoms with Crippen molar-refractivity contribution in [2.24, 2.45) is 35.5 Å². The van der Waals surface area contributed by atoms with Crippen molar-refractivity contribution >= 4 is 47.8 Å². The van der Waals surface area contributed by atoms with Crippen molar-refractivity contribution in [3.05, 3.63) is 0 Å². The van der Waals surface area contributed by atoms with E-state index in [9.17, 15) is 38.4 Å². The van der Waals surface area contributed by atoms with Crippen LogP contribution in [0.15, 0.2) is 0 Å². The first-order valence-electron chi connectivity index (χ1n) is 19.8. The fourth-order valence-electron chi connectivity index (χ4n) is 5.33. The molecule has 2 saturated heterocycles. The Kier molecular flexibility index (Phi) is 19.2. The smallest absolute Gasteiger partial charge is 0.308 e. The van der Waals surface area contributed by atoms with Gasteiger partial charge in [0.1, 0.15) is 32.0 Å². The summed E-state index contributed by atoms with van der Waals surface area (Å²) in [5, 5.41) is 0. The molecule has 0 radical (unpaired) electrons. The van der Waals surface area contributed by atoms with Crippen molar-refractivity contribution in [1.29, 1.82) is 0 Å². The van der Waals surface area contributed by atoms with Gasteiger partial charge in [0.2, 0.25) is 12.1 Å². The van der Waals surface area contributed by atoms with Crippen molar-refractivity contribution < 1.29 is 90.5 Å². The molecule has 336 valence electrons. The van der Waals surface area contributed by atoms with E-state index in [-0.39, 0.29) is 0 Å². The van der Waals surface area contributed by atoms with Gasteiger partial charge >= 0.3 is 47.8 Å². The Bertz CT molecular complexity index is 1500. The Balaban J connectivity index is 2.99. The molecule has 0 saturated carbocycles. The SMILES string of the molecule is CC(=O)OC[C@@]1(O[C@H]2O[C@H](COC(=O)C(C)C)[C@@H](OC(=O)C(C)C)[C@H](OC(=O)C(C)C)[C@H]2OC(=O)C(C)C)O[C@H](COC(=O)C(C)C)[C@@H](OC(=O)C(C)C)[C@@H]1OC(C)=O. The normalized spacial score (nSPS) is 26.8. The van der Waals surface area contributed by atoms with Gasteiger partial charge in [-0.1, -0.05) is 83.1 Å². The highest BCUT2D eigenvalue weighted by Crippen LogP contribution is 2.42. The average Bonchev–Trinajstić information content (AvgIpc) is 3.40. The molecule has 0 N–H and O–H groups in total. The minimum Gasteiger partial charge on any atom is -0.463 e. The van der Waals surface area contributed by atoms with Gasteiger partial charge in [-0.15, -0.1) is 0 Å². The number of esters is 8. The summed E-state index contributed by atoms with van der Waals surface area (Å²) in [4.78, 5) is 104. The fourth-order valence-corrected chi connectivity index (χ4v) is 5.33. The van der Waals surface area contributed by atoms with Crippen LogP contribution in [-0.4, -0.2) is 122 Å². The Labute approximate surface area is 345 Å². The number of carbonyl (C=O) groups is 8. The van der Waals surface area contributed by atoms with E-state index >= 15 is 0 Å². The van der Waals surface area contributed by atoms with Gasteiger partial charge in [-0.05, 0) is 0 Å². The van der Waals surface area contributed by atoms with Gasteiger partial charge in [-0.3, -0.25) is 38.4 Å². The molecule has 0 bridgehead atoms. The maximum Gasteiger partial charge on any atom is 0.308 e. The predicted octanol–water partition coefficient (Wildman–Crippen LogP) is 2.99. The minimum absolute atomic E-state index is 0.594. The van der Waals surface area contributed by atoms with Crippen LogP contribution in [0.4, 0.5) is 0 Å². The Morgan fingerprint density at radius 1 is 0.458 bits per heavy atom. The van der Waals surface area contributed by atoms with Crippen molar-refractivity contribution in [3.63, 3.8) is 0 Å². The van der Waals surface area contributed by atoms with Crippen LogP contribution in [0.25, 0.3) is 0 Å². The molecule has 9 atom stereocenters. The number of hydrogen-bond donors (Lipinski definition) is 0. The average molecular weight is 847 g/mol. The van der Waals surface area contributed by atoms with E-state index < -0.39 is 158 Å². The second-order valence-electron chi connectivity index (χ2n) is 16.2. The van der Waals surface area contributed by atoms with Crippen LogP contribution in [0.3, 0.4) is 0 Å². The van der Waals surface area contributed by atoms with E-state index in [0.29, 0.717) is 0 Å². The molecular formula is C40H62O19. The topological polar surface area (TPSA) is 238 Å². The zero-order valence-corrected chi connectivity index (χ0v) is 36.5. The number of carbonyl (C=O) groups excluding carboxylic acids is 8. The summed E-state index contributed by atoms with van der Waals surface area (Å²) >= 11 is 0. The van der Waals surface area contributed by atoms with E-state index in [0.717, 1.165) is 13.8 Å². The molecule has 2 aliphatic rings. The van der Waals surface area contributed by atoms with E-state index in [2.05, 4.69) is 0 Å². The lowest BCUT2D eigenvalue weighted by molar-refractivity contribution is -0.385. The lowest BCUT2D eigenvalue weighted by Crippen LogP contribution is -2.66. The molecule has 2 fully saturated rings. The van der Waals surface area contributed by atoms with Crippen molar-refractivity contribution in [2.75, 3.05) is 19.8 Å². The third-order valence-corrected chi connectivity index (χ3v) is 8.74. The molecule has 0 aromatic carbocycles. The van der Waals surface area contributed by atoms with Gasteiger partial charge in [0.05, 0.1) is 35.5 Å². The quantitative estimate of drug-likeness (QED) is 0.134. The molecule has 0 aliphatic carbocycles. The molecule has 0 amide bonds. The Morgan fingerprint density at radius 3 is 1.25 bits per heavy atom. The number of hydrogen-bond acceptors (Lipinski definition) is 19. The van der Waals surface area contributed by atoms with Gasteiger partial charge in [-0.2, -0.15) is 0 Å². The second-order valence-corrected chi connectivity index (χ2v) is 16.2. The summed E-state index contributed by atoms with van der Waals surface area (Å²) in [7, 11) is 0. The highest BCUT2D eigenvalue weighted by molar-refractivity contribution is 5.75. The third-order valence-electron chi connectivity index (χ3n) is 8.74. The van der Waals surface area contributed by atoms with E-state index in [1.165, 1.54) is 41.5 Å². The molecule has 0 aromatic heterocycles. The highest BCUT2D eigenvalue weighted by atomic mass is 16.8. The second kappa shape index (κ2) is 22.3. The molecule has 19 nitrogen and oxygen atoms in total. The lowest BCUT2D eigenvalue weighted by atomic mass is 9.96. The van der Waals surface area contributed by atoms with E-state index in [1.807, 2.05) is 0 Å². The zero-order valence-electron chi connectivity index (χ0n) is 36.5. The monoisotopic (exact) mass is 846 g/mol. The maximum absolute atomic E-state index is 13.4. The first-order chi connectivity index (χ1) is 27.3. The van der Waals surface area contributed by atoms with Crippen molar-refractivity contribution in [1.82, 2.24) is 0 Å². The molecule has 2 aliphatic heterocycles. The number of rotatable bonds is 19. The fraction of sp³-hybridized carbons (Fsp3) is 0.800. The van der Waals surface area contributed by atoms with Gasteiger partial charge in [0, 0.05) is 13.8 Å². The molecular weight excluding hydrogens is 784 g/mol. The largest absolute Gasteiger partial charge is 0.463 e. The molecule has 0 spiro atoms. The van der Waals surface area contributed by atoms with Crippen LogP contribution >= 0.6 is 0 Å². The summed E-state index contributed by atoms with van der Waals surface area (Å²) in [6.07, 6.45) is -13.5.